The average Bonchev–Trinajstić information content (AvgIpc) is 2.26. The van der Waals surface area contributed by atoms with Crippen LogP contribution < -0.4 is 4.74 Å². The standard InChI is InChI=1S/C13H16F2O3/c1-13(2,7-11(16)17)8-4-5-10(18-3)9(6-8)12(14)15/h4-6,12H,7H2,1-3H3,(H,16,17). The van der Waals surface area contributed by atoms with Gasteiger partial charge in [0.05, 0.1) is 19.1 Å². The van der Waals surface area contributed by atoms with Crippen molar-refractivity contribution in [2.75, 3.05) is 7.11 Å². The molecule has 0 aliphatic heterocycles. The average molecular weight is 258 g/mol. The first-order valence-corrected chi connectivity index (χ1v) is 5.46. The van der Waals surface area contributed by atoms with Crippen LogP contribution in [0.2, 0.25) is 0 Å². The van der Waals surface area contributed by atoms with Gasteiger partial charge in [-0.25, -0.2) is 8.78 Å². The predicted molar refractivity (Wildman–Crippen MR) is 63.2 cm³/mol. The summed E-state index contributed by atoms with van der Waals surface area (Å²) < 4.78 is 30.6. The lowest BCUT2D eigenvalue weighted by Crippen LogP contribution is -2.21. The van der Waals surface area contributed by atoms with Gasteiger partial charge in [0, 0.05) is 5.41 Å². The number of halogens is 2. The van der Waals surface area contributed by atoms with Gasteiger partial charge in [-0.15, -0.1) is 0 Å². The SMILES string of the molecule is COc1ccc(C(C)(C)CC(=O)O)cc1C(F)F. The number of benzene rings is 1. The van der Waals surface area contributed by atoms with E-state index in [2.05, 4.69) is 0 Å². The first-order chi connectivity index (χ1) is 8.27. The molecule has 0 radical (unpaired) electrons. The number of methoxy groups -OCH3 is 1. The first kappa shape index (κ1) is 14.4. The summed E-state index contributed by atoms with van der Waals surface area (Å²) in [5.41, 5.74) is -0.365. The van der Waals surface area contributed by atoms with Crippen molar-refractivity contribution in [1.82, 2.24) is 0 Å². The van der Waals surface area contributed by atoms with E-state index in [0.29, 0.717) is 5.56 Å². The molecule has 0 unspecified atom stereocenters. The molecule has 0 atom stereocenters. The number of carbonyl (C=O) groups is 1. The molecule has 1 aromatic carbocycles. The quantitative estimate of drug-likeness (QED) is 0.880. The largest absolute Gasteiger partial charge is 0.496 e. The van der Waals surface area contributed by atoms with E-state index in [1.54, 1.807) is 19.9 Å². The summed E-state index contributed by atoms with van der Waals surface area (Å²) in [5, 5.41) is 8.82. The van der Waals surface area contributed by atoms with Crippen molar-refractivity contribution in [3.63, 3.8) is 0 Å². The van der Waals surface area contributed by atoms with Crippen molar-refractivity contribution >= 4 is 5.97 Å². The molecule has 100 valence electrons. The summed E-state index contributed by atoms with van der Waals surface area (Å²) in [4.78, 5) is 10.8. The van der Waals surface area contributed by atoms with E-state index in [1.165, 1.54) is 19.2 Å². The fourth-order valence-electron chi connectivity index (χ4n) is 1.81. The van der Waals surface area contributed by atoms with Crippen molar-refractivity contribution in [3.05, 3.63) is 29.3 Å². The highest BCUT2D eigenvalue weighted by atomic mass is 19.3. The van der Waals surface area contributed by atoms with Crippen LogP contribution in [0.3, 0.4) is 0 Å². The lowest BCUT2D eigenvalue weighted by Gasteiger charge is -2.24. The number of hydrogen-bond acceptors (Lipinski definition) is 2. The minimum Gasteiger partial charge on any atom is -0.496 e. The number of carboxylic acid groups (broad SMARTS) is 1. The Morgan fingerprint density at radius 2 is 2.06 bits per heavy atom. The fourth-order valence-corrected chi connectivity index (χ4v) is 1.81. The molecular weight excluding hydrogens is 242 g/mol. The molecule has 0 saturated heterocycles. The van der Waals surface area contributed by atoms with Crippen LogP contribution in [0.25, 0.3) is 0 Å². The maximum Gasteiger partial charge on any atom is 0.304 e. The monoisotopic (exact) mass is 258 g/mol. The molecule has 0 aromatic heterocycles. The number of ether oxygens (including phenoxy) is 1. The number of alkyl halides is 2. The molecule has 0 saturated carbocycles. The molecule has 0 heterocycles. The number of rotatable bonds is 5. The summed E-state index contributed by atoms with van der Waals surface area (Å²) in [6, 6.07) is 4.38. The molecule has 0 amide bonds. The first-order valence-electron chi connectivity index (χ1n) is 5.46. The molecular formula is C13H16F2O3. The Kier molecular flexibility index (Phi) is 4.27. The van der Waals surface area contributed by atoms with E-state index in [-0.39, 0.29) is 17.7 Å². The summed E-state index contributed by atoms with van der Waals surface area (Å²) in [5.74, 6) is -0.853. The Morgan fingerprint density at radius 3 is 2.50 bits per heavy atom. The minimum absolute atomic E-state index is 0.111. The Bertz CT molecular complexity index is 442. The van der Waals surface area contributed by atoms with Gasteiger partial charge in [0.1, 0.15) is 5.75 Å². The van der Waals surface area contributed by atoms with Gasteiger partial charge in [-0.3, -0.25) is 4.79 Å². The maximum absolute atomic E-state index is 12.8. The molecule has 1 aromatic rings. The van der Waals surface area contributed by atoms with Crippen LogP contribution in [0.1, 0.15) is 37.8 Å². The highest BCUT2D eigenvalue weighted by Gasteiger charge is 2.26. The molecule has 1 N–H and O–H groups in total. The molecule has 0 aliphatic rings. The van der Waals surface area contributed by atoms with Crippen LogP contribution in [0.5, 0.6) is 5.75 Å². The number of carboxylic acids is 1. The topological polar surface area (TPSA) is 46.5 Å². The summed E-state index contributed by atoms with van der Waals surface area (Å²) in [6.45, 7) is 3.41. The van der Waals surface area contributed by atoms with E-state index in [4.69, 9.17) is 9.84 Å². The molecule has 0 aliphatic carbocycles. The van der Waals surface area contributed by atoms with Gasteiger partial charge in [0.25, 0.3) is 6.43 Å². The molecule has 3 nitrogen and oxygen atoms in total. The lowest BCUT2D eigenvalue weighted by atomic mass is 9.81. The third-order valence-electron chi connectivity index (χ3n) is 2.84. The molecule has 0 bridgehead atoms. The van der Waals surface area contributed by atoms with Crippen molar-refractivity contribution in [1.29, 1.82) is 0 Å². The number of aliphatic carboxylic acids is 1. The Labute approximate surface area is 104 Å². The van der Waals surface area contributed by atoms with Gasteiger partial charge >= 0.3 is 5.97 Å². The Hall–Kier alpha value is -1.65. The molecule has 18 heavy (non-hydrogen) atoms. The zero-order chi connectivity index (χ0) is 13.9. The van der Waals surface area contributed by atoms with E-state index in [1.807, 2.05) is 0 Å². The summed E-state index contributed by atoms with van der Waals surface area (Å²) >= 11 is 0. The second-order valence-corrected chi connectivity index (χ2v) is 4.71. The smallest absolute Gasteiger partial charge is 0.304 e. The highest BCUT2D eigenvalue weighted by Crippen LogP contribution is 2.35. The van der Waals surface area contributed by atoms with Gasteiger partial charge in [0.15, 0.2) is 0 Å². The highest BCUT2D eigenvalue weighted by molar-refractivity contribution is 5.69. The van der Waals surface area contributed by atoms with Gasteiger partial charge in [0.2, 0.25) is 0 Å². The van der Waals surface area contributed by atoms with Gasteiger partial charge in [-0.1, -0.05) is 19.9 Å². The van der Waals surface area contributed by atoms with E-state index in [0.717, 1.165) is 0 Å². The molecule has 1 rings (SSSR count). The molecule has 0 fully saturated rings. The molecule has 5 heteroatoms. The van der Waals surface area contributed by atoms with Crippen molar-refractivity contribution in [3.8, 4) is 5.75 Å². The third-order valence-corrected chi connectivity index (χ3v) is 2.84. The molecule has 0 spiro atoms. The minimum atomic E-state index is -2.65. The van der Waals surface area contributed by atoms with Crippen LogP contribution in [0, 0.1) is 0 Å². The zero-order valence-electron chi connectivity index (χ0n) is 10.5. The lowest BCUT2D eigenvalue weighted by molar-refractivity contribution is -0.138. The van der Waals surface area contributed by atoms with E-state index < -0.39 is 17.8 Å². The van der Waals surface area contributed by atoms with Crippen LogP contribution in [0.4, 0.5) is 8.78 Å². The summed E-state index contributed by atoms with van der Waals surface area (Å²) in [6.07, 6.45) is -2.78. The van der Waals surface area contributed by atoms with Crippen LogP contribution in [-0.4, -0.2) is 18.2 Å². The van der Waals surface area contributed by atoms with Gasteiger partial charge in [-0.2, -0.15) is 0 Å². The third kappa shape index (κ3) is 3.18. The zero-order valence-corrected chi connectivity index (χ0v) is 10.5. The van der Waals surface area contributed by atoms with E-state index in [9.17, 15) is 13.6 Å². The Balaban J connectivity index is 3.19. The second kappa shape index (κ2) is 5.33. The van der Waals surface area contributed by atoms with Crippen molar-refractivity contribution in [2.24, 2.45) is 0 Å². The normalized spacial score (nSPS) is 11.7. The van der Waals surface area contributed by atoms with Crippen molar-refractivity contribution in [2.45, 2.75) is 32.1 Å². The fraction of sp³-hybridized carbons (Fsp3) is 0.462. The van der Waals surface area contributed by atoms with Crippen molar-refractivity contribution < 1.29 is 23.4 Å². The van der Waals surface area contributed by atoms with Crippen LogP contribution in [-0.2, 0) is 10.2 Å². The van der Waals surface area contributed by atoms with Gasteiger partial charge in [-0.05, 0) is 17.7 Å². The van der Waals surface area contributed by atoms with Crippen LogP contribution >= 0.6 is 0 Å². The number of hydrogen-bond donors (Lipinski definition) is 1. The summed E-state index contributed by atoms with van der Waals surface area (Å²) in [7, 11) is 1.32. The maximum atomic E-state index is 12.8. The second-order valence-electron chi connectivity index (χ2n) is 4.71. The van der Waals surface area contributed by atoms with E-state index >= 15 is 0 Å². The van der Waals surface area contributed by atoms with Crippen LogP contribution in [0.15, 0.2) is 18.2 Å². The Morgan fingerprint density at radius 1 is 1.44 bits per heavy atom. The van der Waals surface area contributed by atoms with Gasteiger partial charge < -0.3 is 9.84 Å². The predicted octanol–water partition coefficient (Wildman–Crippen LogP) is 3.39.